The summed E-state index contributed by atoms with van der Waals surface area (Å²) in [7, 11) is 0. The van der Waals surface area contributed by atoms with E-state index in [0.717, 1.165) is 25.7 Å². The Morgan fingerprint density at radius 3 is 2.67 bits per heavy atom. The minimum absolute atomic E-state index is 0.285. The molecule has 0 aliphatic heterocycles. The zero-order valence-corrected chi connectivity index (χ0v) is 10.9. The first-order valence-corrected chi connectivity index (χ1v) is 6.78. The number of hydrogen-bond donors (Lipinski definition) is 0. The minimum Gasteiger partial charge on any atom is -0.366 e. The van der Waals surface area contributed by atoms with E-state index in [4.69, 9.17) is 0 Å². The number of hydrogen-bond acceptors (Lipinski definition) is 2. The molecule has 0 heterocycles. The van der Waals surface area contributed by atoms with Crippen LogP contribution in [-0.2, 0) is 0 Å². The van der Waals surface area contributed by atoms with E-state index in [1.54, 1.807) is 12.1 Å². The second-order valence-corrected chi connectivity index (χ2v) is 4.87. The highest BCUT2D eigenvalue weighted by atomic mass is 19.1. The molecule has 0 bridgehead atoms. The second-order valence-electron chi connectivity index (χ2n) is 4.87. The van der Waals surface area contributed by atoms with Crippen molar-refractivity contribution in [2.45, 2.75) is 45.1 Å². The number of carbonyl (C=O) groups is 1. The van der Waals surface area contributed by atoms with Crippen LogP contribution in [0.5, 0.6) is 0 Å². The first-order chi connectivity index (χ1) is 8.77. The molecule has 0 amide bonds. The van der Waals surface area contributed by atoms with Crippen molar-refractivity contribution in [1.82, 2.24) is 0 Å². The Hall–Kier alpha value is -1.38. The molecule has 0 aromatic heterocycles. The Bertz CT molecular complexity index is 413. The quantitative estimate of drug-likeness (QED) is 0.756. The molecule has 3 heteroatoms. The van der Waals surface area contributed by atoms with Crippen LogP contribution in [0, 0.1) is 5.82 Å². The van der Waals surface area contributed by atoms with Crippen LogP contribution in [0.25, 0.3) is 0 Å². The van der Waals surface area contributed by atoms with E-state index in [0.29, 0.717) is 17.3 Å². The Kier molecular flexibility index (Phi) is 4.34. The van der Waals surface area contributed by atoms with Crippen molar-refractivity contribution in [2.24, 2.45) is 0 Å². The van der Waals surface area contributed by atoms with E-state index in [1.165, 1.54) is 25.3 Å². The fourth-order valence-electron chi connectivity index (χ4n) is 2.92. The average molecular weight is 249 g/mol. The zero-order valence-electron chi connectivity index (χ0n) is 10.9. The van der Waals surface area contributed by atoms with E-state index < -0.39 is 0 Å². The van der Waals surface area contributed by atoms with Gasteiger partial charge in [0, 0.05) is 18.2 Å². The summed E-state index contributed by atoms with van der Waals surface area (Å²) in [4.78, 5) is 13.2. The molecule has 18 heavy (non-hydrogen) atoms. The monoisotopic (exact) mass is 249 g/mol. The standard InChI is InChI=1S/C15H20FNO/c1-2-17(13-8-4-3-5-9-13)15-12(11-18)7-6-10-14(15)16/h6-7,10-11,13H,2-5,8-9H2,1H3. The van der Waals surface area contributed by atoms with Gasteiger partial charge in [0.25, 0.3) is 0 Å². The fraction of sp³-hybridized carbons (Fsp3) is 0.533. The Morgan fingerprint density at radius 2 is 2.06 bits per heavy atom. The van der Waals surface area contributed by atoms with Crippen molar-refractivity contribution in [2.75, 3.05) is 11.4 Å². The van der Waals surface area contributed by atoms with Crippen molar-refractivity contribution in [3.8, 4) is 0 Å². The van der Waals surface area contributed by atoms with Gasteiger partial charge in [-0.2, -0.15) is 0 Å². The molecule has 0 N–H and O–H groups in total. The molecule has 2 nitrogen and oxygen atoms in total. The Morgan fingerprint density at radius 1 is 1.33 bits per heavy atom. The lowest BCUT2D eigenvalue weighted by molar-refractivity contribution is 0.112. The normalized spacial score (nSPS) is 16.6. The molecular formula is C15H20FNO. The van der Waals surface area contributed by atoms with Gasteiger partial charge in [-0.05, 0) is 31.9 Å². The number of halogens is 1. The van der Waals surface area contributed by atoms with E-state index in [9.17, 15) is 9.18 Å². The molecule has 1 aromatic carbocycles. The number of aldehydes is 1. The van der Waals surface area contributed by atoms with Gasteiger partial charge >= 0.3 is 0 Å². The Balaban J connectivity index is 2.34. The molecule has 0 atom stereocenters. The lowest BCUT2D eigenvalue weighted by Crippen LogP contribution is -2.37. The van der Waals surface area contributed by atoms with Crippen molar-refractivity contribution in [3.05, 3.63) is 29.6 Å². The van der Waals surface area contributed by atoms with Crippen LogP contribution in [-0.4, -0.2) is 18.9 Å². The summed E-state index contributed by atoms with van der Waals surface area (Å²) in [5.74, 6) is -0.285. The van der Waals surface area contributed by atoms with E-state index in [1.807, 2.05) is 6.92 Å². The topological polar surface area (TPSA) is 20.3 Å². The van der Waals surface area contributed by atoms with Gasteiger partial charge in [0.15, 0.2) is 6.29 Å². The molecule has 1 aliphatic rings. The summed E-state index contributed by atoms with van der Waals surface area (Å²) >= 11 is 0. The molecular weight excluding hydrogens is 229 g/mol. The SMILES string of the molecule is CCN(c1c(F)cccc1C=O)C1CCCCC1. The first-order valence-electron chi connectivity index (χ1n) is 6.78. The molecule has 2 rings (SSSR count). The van der Waals surface area contributed by atoms with E-state index in [2.05, 4.69) is 4.90 Å². The lowest BCUT2D eigenvalue weighted by atomic mass is 9.93. The molecule has 0 spiro atoms. The maximum Gasteiger partial charge on any atom is 0.152 e. The summed E-state index contributed by atoms with van der Waals surface area (Å²) in [6.07, 6.45) is 6.62. The zero-order chi connectivity index (χ0) is 13.0. The smallest absolute Gasteiger partial charge is 0.152 e. The number of carbonyl (C=O) groups excluding carboxylic acids is 1. The molecule has 98 valence electrons. The van der Waals surface area contributed by atoms with Gasteiger partial charge in [-0.25, -0.2) is 4.39 Å². The molecule has 1 fully saturated rings. The van der Waals surface area contributed by atoms with Gasteiger partial charge in [-0.15, -0.1) is 0 Å². The van der Waals surface area contributed by atoms with Gasteiger partial charge in [0.2, 0.25) is 0 Å². The largest absolute Gasteiger partial charge is 0.366 e. The van der Waals surface area contributed by atoms with Crippen molar-refractivity contribution < 1.29 is 9.18 Å². The third kappa shape index (κ3) is 2.55. The van der Waals surface area contributed by atoms with Crippen LogP contribution in [0.4, 0.5) is 10.1 Å². The average Bonchev–Trinajstić information content (AvgIpc) is 2.42. The highest BCUT2D eigenvalue weighted by Crippen LogP contribution is 2.30. The van der Waals surface area contributed by atoms with Crippen molar-refractivity contribution in [3.63, 3.8) is 0 Å². The van der Waals surface area contributed by atoms with Crippen molar-refractivity contribution >= 4 is 12.0 Å². The van der Waals surface area contributed by atoms with Crippen LogP contribution >= 0.6 is 0 Å². The minimum atomic E-state index is -0.285. The molecule has 0 radical (unpaired) electrons. The number of para-hydroxylation sites is 1. The van der Waals surface area contributed by atoms with Crippen LogP contribution in [0.3, 0.4) is 0 Å². The molecule has 1 saturated carbocycles. The number of benzene rings is 1. The maximum absolute atomic E-state index is 14.0. The van der Waals surface area contributed by atoms with Crippen LogP contribution < -0.4 is 4.90 Å². The summed E-state index contributed by atoms with van der Waals surface area (Å²) in [6.45, 7) is 2.77. The second kappa shape index (κ2) is 5.98. The molecule has 0 unspecified atom stereocenters. The first kappa shape index (κ1) is 13.1. The van der Waals surface area contributed by atoms with E-state index >= 15 is 0 Å². The van der Waals surface area contributed by atoms with Gasteiger partial charge in [0.1, 0.15) is 5.82 Å². The highest BCUT2D eigenvalue weighted by Gasteiger charge is 2.24. The summed E-state index contributed by atoms with van der Waals surface area (Å²) < 4.78 is 14.0. The van der Waals surface area contributed by atoms with Gasteiger partial charge < -0.3 is 4.90 Å². The Labute approximate surface area is 108 Å². The maximum atomic E-state index is 14.0. The molecule has 0 saturated heterocycles. The number of anilines is 1. The molecule has 1 aromatic rings. The van der Waals surface area contributed by atoms with Crippen LogP contribution in [0.1, 0.15) is 49.4 Å². The van der Waals surface area contributed by atoms with Gasteiger partial charge in [-0.1, -0.05) is 25.3 Å². The van der Waals surface area contributed by atoms with Crippen LogP contribution in [0.15, 0.2) is 18.2 Å². The summed E-state index contributed by atoms with van der Waals surface area (Å²) in [5, 5.41) is 0. The molecule has 1 aliphatic carbocycles. The summed E-state index contributed by atoms with van der Waals surface area (Å²) in [5.41, 5.74) is 0.948. The number of nitrogens with zero attached hydrogens (tertiary/aromatic N) is 1. The number of rotatable bonds is 4. The van der Waals surface area contributed by atoms with E-state index in [-0.39, 0.29) is 5.82 Å². The van der Waals surface area contributed by atoms with Gasteiger partial charge in [-0.3, -0.25) is 4.79 Å². The predicted molar refractivity (Wildman–Crippen MR) is 71.7 cm³/mol. The summed E-state index contributed by atoms with van der Waals surface area (Å²) in [6, 6.07) is 5.10. The van der Waals surface area contributed by atoms with Crippen LogP contribution in [0.2, 0.25) is 0 Å². The lowest BCUT2D eigenvalue weighted by Gasteiger charge is -2.36. The predicted octanol–water partition coefficient (Wildman–Crippen LogP) is 3.80. The highest BCUT2D eigenvalue weighted by molar-refractivity contribution is 5.85. The van der Waals surface area contributed by atoms with Crippen molar-refractivity contribution in [1.29, 1.82) is 0 Å². The third-order valence-electron chi connectivity index (χ3n) is 3.79. The third-order valence-corrected chi connectivity index (χ3v) is 3.79. The fourth-order valence-corrected chi connectivity index (χ4v) is 2.92. The van der Waals surface area contributed by atoms with Gasteiger partial charge in [0.05, 0.1) is 5.69 Å².